The van der Waals surface area contributed by atoms with Crippen molar-refractivity contribution in [3.05, 3.63) is 56.7 Å². The van der Waals surface area contributed by atoms with Crippen LogP contribution < -0.4 is 4.74 Å². The minimum atomic E-state index is 0.908. The first-order valence-electron chi connectivity index (χ1n) is 6.69. The summed E-state index contributed by atoms with van der Waals surface area (Å²) in [6.45, 7) is 6.48. The molecule has 0 atom stereocenters. The molecule has 0 bridgehead atoms. The fraction of sp³-hybridized carbons (Fsp3) is 0.294. The Kier molecular flexibility index (Phi) is 4.86. The van der Waals surface area contributed by atoms with Crippen molar-refractivity contribution in [1.82, 2.24) is 0 Å². The molecule has 2 rings (SSSR count). The van der Waals surface area contributed by atoms with Crippen LogP contribution in [-0.2, 0) is 12.8 Å². The molecule has 2 heteroatoms. The van der Waals surface area contributed by atoms with Gasteiger partial charge in [0.25, 0.3) is 0 Å². The highest BCUT2D eigenvalue weighted by Crippen LogP contribution is 2.26. The van der Waals surface area contributed by atoms with Gasteiger partial charge < -0.3 is 4.74 Å². The quantitative estimate of drug-likeness (QED) is 0.648. The van der Waals surface area contributed by atoms with Crippen LogP contribution in [0.3, 0.4) is 0 Å². The van der Waals surface area contributed by atoms with Gasteiger partial charge in [-0.05, 0) is 83.3 Å². The molecule has 0 saturated carbocycles. The number of aryl methyl sites for hydroxylation is 3. The van der Waals surface area contributed by atoms with Crippen LogP contribution in [0.1, 0.15) is 30.5 Å². The molecule has 0 aliphatic rings. The summed E-state index contributed by atoms with van der Waals surface area (Å²) < 4.78 is 7.20. The van der Waals surface area contributed by atoms with Gasteiger partial charge in [0.05, 0.1) is 0 Å². The SMILES string of the molecule is CCc1ccc(Oc2ccc(CC)c(I)c2)cc1C. The number of benzene rings is 2. The number of hydrogen-bond donors (Lipinski definition) is 0. The van der Waals surface area contributed by atoms with Gasteiger partial charge >= 0.3 is 0 Å². The standard InChI is InChI=1S/C17H19IO/c1-4-13-6-8-15(10-12(13)3)19-16-9-7-14(5-2)17(18)11-16/h6-11H,4-5H2,1-3H3. The molecule has 0 unspecified atom stereocenters. The van der Waals surface area contributed by atoms with E-state index in [0.717, 1.165) is 24.3 Å². The molecule has 0 aliphatic heterocycles. The highest BCUT2D eigenvalue weighted by Gasteiger charge is 2.03. The molecule has 2 aromatic rings. The van der Waals surface area contributed by atoms with Crippen molar-refractivity contribution in [2.75, 3.05) is 0 Å². The van der Waals surface area contributed by atoms with E-state index in [1.165, 1.54) is 20.3 Å². The van der Waals surface area contributed by atoms with Crippen LogP contribution in [0.25, 0.3) is 0 Å². The third-order valence-electron chi connectivity index (χ3n) is 3.34. The van der Waals surface area contributed by atoms with Crippen molar-refractivity contribution < 1.29 is 4.74 Å². The zero-order chi connectivity index (χ0) is 13.8. The number of hydrogen-bond acceptors (Lipinski definition) is 1. The lowest BCUT2D eigenvalue weighted by Gasteiger charge is -2.10. The predicted molar refractivity (Wildman–Crippen MR) is 89.2 cm³/mol. The Bertz CT molecular complexity index is 524. The van der Waals surface area contributed by atoms with Crippen molar-refractivity contribution in [3.63, 3.8) is 0 Å². The second-order valence-electron chi connectivity index (χ2n) is 4.65. The number of rotatable bonds is 4. The third kappa shape index (κ3) is 3.50. The maximum absolute atomic E-state index is 5.93. The van der Waals surface area contributed by atoms with Crippen LogP contribution >= 0.6 is 22.6 Å². The molecule has 0 aliphatic carbocycles. The first kappa shape index (κ1) is 14.4. The Balaban J connectivity index is 2.21. The number of ether oxygens (including phenoxy) is 1. The second-order valence-corrected chi connectivity index (χ2v) is 5.81. The van der Waals surface area contributed by atoms with E-state index in [2.05, 4.69) is 67.6 Å². The molecule has 0 N–H and O–H groups in total. The predicted octanol–water partition coefficient (Wildman–Crippen LogP) is 5.52. The summed E-state index contributed by atoms with van der Waals surface area (Å²) in [7, 11) is 0. The molecule has 1 nitrogen and oxygen atoms in total. The molecular formula is C17H19IO. The van der Waals surface area contributed by atoms with Crippen molar-refractivity contribution in [1.29, 1.82) is 0 Å². The lowest BCUT2D eigenvalue weighted by atomic mass is 10.1. The summed E-state index contributed by atoms with van der Waals surface area (Å²) in [4.78, 5) is 0. The smallest absolute Gasteiger partial charge is 0.128 e. The van der Waals surface area contributed by atoms with Crippen molar-refractivity contribution in [3.8, 4) is 11.5 Å². The van der Waals surface area contributed by atoms with Crippen molar-refractivity contribution >= 4 is 22.6 Å². The van der Waals surface area contributed by atoms with E-state index in [1.807, 2.05) is 12.1 Å². The molecule has 0 amide bonds. The molecule has 0 aromatic heterocycles. The topological polar surface area (TPSA) is 9.23 Å². The van der Waals surface area contributed by atoms with Gasteiger partial charge in [0.2, 0.25) is 0 Å². The van der Waals surface area contributed by atoms with Gasteiger partial charge in [-0.3, -0.25) is 0 Å². The normalized spacial score (nSPS) is 10.5. The monoisotopic (exact) mass is 366 g/mol. The molecule has 0 radical (unpaired) electrons. The van der Waals surface area contributed by atoms with E-state index in [-0.39, 0.29) is 0 Å². The van der Waals surface area contributed by atoms with Gasteiger partial charge in [-0.1, -0.05) is 26.0 Å². The summed E-state index contributed by atoms with van der Waals surface area (Å²) in [5.41, 5.74) is 4.04. The highest BCUT2D eigenvalue weighted by atomic mass is 127. The molecule has 100 valence electrons. The Morgan fingerprint density at radius 3 is 2.00 bits per heavy atom. The van der Waals surface area contributed by atoms with Crippen LogP contribution in [0.2, 0.25) is 0 Å². The molecular weight excluding hydrogens is 347 g/mol. The average Bonchev–Trinajstić information content (AvgIpc) is 2.39. The first-order chi connectivity index (χ1) is 9.13. The molecule has 19 heavy (non-hydrogen) atoms. The van der Waals surface area contributed by atoms with Crippen molar-refractivity contribution in [2.24, 2.45) is 0 Å². The maximum Gasteiger partial charge on any atom is 0.128 e. The maximum atomic E-state index is 5.93. The van der Waals surface area contributed by atoms with Crippen molar-refractivity contribution in [2.45, 2.75) is 33.6 Å². The lowest BCUT2D eigenvalue weighted by Crippen LogP contribution is -1.91. The van der Waals surface area contributed by atoms with Gasteiger partial charge in [-0.15, -0.1) is 0 Å². The Morgan fingerprint density at radius 2 is 1.47 bits per heavy atom. The molecule has 2 aromatic carbocycles. The summed E-state index contributed by atoms with van der Waals surface area (Å²) in [6, 6.07) is 12.6. The van der Waals surface area contributed by atoms with Crippen LogP contribution in [0.5, 0.6) is 11.5 Å². The fourth-order valence-corrected chi connectivity index (χ4v) is 3.01. The van der Waals surface area contributed by atoms with E-state index in [0.29, 0.717) is 0 Å². The zero-order valence-electron chi connectivity index (χ0n) is 11.7. The Labute approximate surface area is 129 Å². The van der Waals surface area contributed by atoms with E-state index < -0.39 is 0 Å². The van der Waals surface area contributed by atoms with Gasteiger partial charge in [-0.25, -0.2) is 0 Å². The minimum absolute atomic E-state index is 0.908. The van der Waals surface area contributed by atoms with Gasteiger partial charge in [0, 0.05) is 3.57 Å². The van der Waals surface area contributed by atoms with Crippen LogP contribution in [0.4, 0.5) is 0 Å². The summed E-state index contributed by atoms with van der Waals surface area (Å²) >= 11 is 2.37. The Morgan fingerprint density at radius 1 is 0.895 bits per heavy atom. The molecule has 0 fully saturated rings. The summed E-state index contributed by atoms with van der Waals surface area (Å²) in [5.74, 6) is 1.82. The first-order valence-corrected chi connectivity index (χ1v) is 7.77. The van der Waals surface area contributed by atoms with Gasteiger partial charge in [0.15, 0.2) is 0 Å². The van der Waals surface area contributed by atoms with E-state index in [9.17, 15) is 0 Å². The highest BCUT2D eigenvalue weighted by molar-refractivity contribution is 14.1. The average molecular weight is 366 g/mol. The molecule has 0 saturated heterocycles. The third-order valence-corrected chi connectivity index (χ3v) is 4.34. The van der Waals surface area contributed by atoms with E-state index >= 15 is 0 Å². The van der Waals surface area contributed by atoms with E-state index in [4.69, 9.17) is 4.74 Å². The van der Waals surface area contributed by atoms with Crippen LogP contribution in [-0.4, -0.2) is 0 Å². The second kappa shape index (κ2) is 6.42. The molecule has 0 heterocycles. The number of halogens is 1. The van der Waals surface area contributed by atoms with Crippen LogP contribution in [0, 0.1) is 10.5 Å². The van der Waals surface area contributed by atoms with E-state index in [1.54, 1.807) is 0 Å². The fourth-order valence-electron chi connectivity index (χ4n) is 2.14. The van der Waals surface area contributed by atoms with Gasteiger partial charge in [-0.2, -0.15) is 0 Å². The molecule has 0 spiro atoms. The summed E-state index contributed by atoms with van der Waals surface area (Å²) in [5, 5.41) is 0. The largest absolute Gasteiger partial charge is 0.457 e. The summed E-state index contributed by atoms with van der Waals surface area (Å²) in [6.07, 6.45) is 2.12. The van der Waals surface area contributed by atoms with Crippen LogP contribution in [0.15, 0.2) is 36.4 Å². The minimum Gasteiger partial charge on any atom is -0.457 e. The Hall–Kier alpha value is -1.03. The lowest BCUT2D eigenvalue weighted by molar-refractivity contribution is 0.481. The zero-order valence-corrected chi connectivity index (χ0v) is 13.8. The van der Waals surface area contributed by atoms with Gasteiger partial charge in [0.1, 0.15) is 11.5 Å².